The summed E-state index contributed by atoms with van der Waals surface area (Å²) in [6.07, 6.45) is 0. The Labute approximate surface area is 63.5 Å². The van der Waals surface area contributed by atoms with Crippen LogP contribution in [0.5, 0.6) is 0 Å². The number of carbonyl (C=O) groups is 1. The second kappa shape index (κ2) is 10.6. The van der Waals surface area contributed by atoms with Crippen LogP contribution in [0.2, 0.25) is 0 Å². The molecule has 0 bridgehead atoms. The summed E-state index contributed by atoms with van der Waals surface area (Å²) in [6, 6.07) is 0. The first-order valence-electron chi connectivity index (χ1n) is 1.43. The van der Waals surface area contributed by atoms with Crippen molar-refractivity contribution in [3.8, 4) is 0 Å². The molecule has 8 heavy (non-hydrogen) atoms. The molecule has 3 N–H and O–H groups in total. The maximum atomic E-state index is 9.24. The van der Waals surface area contributed by atoms with Gasteiger partial charge in [-0.15, -0.1) is 0 Å². The van der Waals surface area contributed by atoms with E-state index in [4.69, 9.17) is 23.9 Å². The maximum absolute atomic E-state index is 9.24. The molecule has 3 nitrogen and oxygen atoms in total. The van der Waals surface area contributed by atoms with Gasteiger partial charge in [-0.1, -0.05) is 0 Å². The fraction of sp³-hybridized carbons (Fsp3) is 0.500. The van der Waals surface area contributed by atoms with Crippen molar-refractivity contribution in [2.75, 3.05) is 6.54 Å². The van der Waals surface area contributed by atoms with Gasteiger partial charge in [-0.25, -0.2) is 0 Å². The standard InChI is InChI=1S/C2H5NO2.2ClH.Pt/c3-1-2(4)5;;;/h1,3H2,(H,4,5);2*1H;/q;;;+2/p-2. The van der Waals surface area contributed by atoms with E-state index in [-0.39, 0.29) is 6.54 Å². The molecule has 0 saturated heterocycles. The van der Waals surface area contributed by atoms with Gasteiger partial charge >= 0.3 is 41.3 Å². The van der Waals surface area contributed by atoms with Crippen molar-refractivity contribution in [1.82, 2.24) is 0 Å². The summed E-state index contributed by atoms with van der Waals surface area (Å²) in [4.78, 5) is 9.24. The third kappa shape index (κ3) is 29.9. The quantitative estimate of drug-likeness (QED) is 0.726. The first-order chi connectivity index (χ1) is 3.68. The van der Waals surface area contributed by atoms with E-state index in [0.717, 1.165) is 0 Å². The molecular formula is C2H5Cl2NO2Pt. The molecule has 0 saturated carbocycles. The summed E-state index contributed by atoms with van der Waals surface area (Å²) in [6.45, 7) is -0.278. The van der Waals surface area contributed by atoms with E-state index in [2.05, 4.69) is 5.73 Å². The van der Waals surface area contributed by atoms with E-state index >= 15 is 0 Å². The van der Waals surface area contributed by atoms with Crippen LogP contribution in [0.4, 0.5) is 0 Å². The minimum absolute atomic E-state index is 0.278. The molecule has 0 atom stereocenters. The molecule has 0 aromatic rings. The van der Waals surface area contributed by atoms with Crippen LogP contribution in [0.1, 0.15) is 0 Å². The monoisotopic (exact) mass is 340 g/mol. The SMILES string of the molecule is NCC(=O)O.[Cl][Pt][Cl]. The zero-order chi connectivity index (χ0) is 6.99. The predicted octanol–water partition coefficient (Wildman–Crippen LogP) is 0.406. The predicted molar refractivity (Wildman–Crippen MR) is 28.4 cm³/mol. The Morgan fingerprint density at radius 1 is 1.75 bits per heavy atom. The van der Waals surface area contributed by atoms with Crippen LogP contribution < -0.4 is 5.73 Å². The van der Waals surface area contributed by atoms with Gasteiger partial charge in [-0.3, -0.25) is 4.79 Å². The van der Waals surface area contributed by atoms with Gasteiger partial charge in [0.15, 0.2) is 0 Å². The summed E-state index contributed by atoms with van der Waals surface area (Å²) in [5.74, 6) is -0.968. The fourth-order valence-electron chi connectivity index (χ4n) is 0. The van der Waals surface area contributed by atoms with Crippen molar-refractivity contribution in [2.24, 2.45) is 5.73 Å². The summed E-state index contributed by atoms with van der Waals surface area (Å²) in [7, 11) is 9.75. The van der Waals surface area contributed by atoms with Crippen LogP contribution in [-0.4, -0.2) is 17.6 Å². The third-order valence-electron chi connectivity index (χ3n) is 0.175. The Morgan fingerprint density at radius 2 is 1.88 bits per heavy atom. The van der Waals surface area contributed by atoms with E-state index in [9.17, 15) is 4.79 Å². The average molecular weight is 341 g/mol. The van der Waals surface area contributed by atoms with E-state index in [1.165, 1.54) is 0 Å². The number of halogens is 2. The van der Waals surface area contributed by atoms with Crippen molar-refractivity contribution in [3.05, 3.63) is 0 Å². The average Bonchev–Trinajstić information content (AvgIpc) is 1.69. The molecule has 0 heterocycles. The van der Waals surface area contributed by atoms with Gasteiger partial charge in [-0.2, -0.15) is 0 Å². The summed E-state index contributed by atoms with van der Waals surface area (Å²) >= 11 is -0.472. The van der Waals surface area contributed by atoms with Gasteiger partial charge < -0.3 is 10.8 Å². The van der Waals surface area contributed by atoms with Gasteiger partial charge in [0.25, 0.3) is 0 Å². The molecular weight excluding hydrogens is 336 g/mol. The number of hydrogen-bond donors (Lipinski definition) is 2. The minimum atomic E-state index is -0.968. The van der Waals surface area contributed by atoms with E-state index in [0.29, 0.717) is 0 Å². The number of aliphatic carboxylic acids is 1. The Kier molecular flexibility index (Phi) is 15.3. The van der Waals surface area contributed by atoms with Crippen LogP contribution in [0.15, 0.2) is 0 Å². The van der Waals surface area contributed by atoms with E-state index < -0.39 is 22.5 Å². The van der Waals surface area contributed by atoms with Gasteiger partial charge in [0, 0.05) is 0 Å². The first kappa shape index (κ1) is 11.5. The topological polar surface area (TPSA) is 63.3 Å². The Bertz CT molecular complexity index is 62.0. The summed E-state index contributed by atoms with van der Waals surface area (Å²) in [5.41, 5.74) is 4.57. The molecule has 0 unspecified atom stereocenters. The van der Waals surface area contributed by atoms with Crippen LogP contribution in [-0.2, 0) is 21.3 Å². The molecule has 0 rings (SSSR count). The molecule has 0 aliphatic heterocycles. The zero-order valence-corrected chi connectivity index (χ0v) is 7.50. The first-order valence-corrected chi connectivity index (χ1v) is 7.06. The zero-order valence-electron chi connectivity index (χ0n) is 3.71. The molecule has 6 heteroatoms. The Hall–Kier alpha value is 0.698. The molecule has 0 radical (unpaired) electrons. The molecule has 0 fully saturated rings. The summed E-state index contributed by atoms with van der Waals surface area (Å²) in [5, 5.41) is 7.60. The molecule has 0 aromatic heterocycles. The molecule has 0 spiro atoms. The normalized spacial score (nSPS) is 7.38. The van der Waals surface area contributed by atoms with Gasteiger partial charge in [0.2, 0.25) is 0 Å². The fourth-order valence-corrected chi connectivity index (χ4v) is 0. The van der Waals surface area contributed by atoms with Gasteiger partial charge in [0.1, 0.15) is 0 Å². The molecule has 0 aliphatic rings. The molecule has 0 amide bonds. The number of nitrogens with two attached hydrogens (primary N) is 1. The van der Waals surface area contributed by atoms with Gasteiger partial charge in [0.05, 0.1) is 6.54 Å². The van der Waals surface area contributed by atoms with E-state index in [1.54, 1.807) is 0 Å². The van der Waals surface area contributed by atoms with Crippen LogP contribution >= 0.6 is 18.8 Å². The Balaban J connectivity index is 0. The second-order valence-electron chi connectivity index (χ2n) is 0.643. The molecule has 0 aliphatic carbocycles. The molecule has 54 valence electrons. The number of carboxylic acid groups (broad SMARTS) is 1. The van der Waals surface area contributed by atoms with Crippen molar-refractivity contribution < 1.29 is 26.4 Å². The molecule has 0 aromatic carbocycles. The van der Waals surface area contributed by atoms with Crippen molar-refractivity contribution in [3.63, 3.8) is 0 Å². The second-order valence-corrected chi connectivity index (χ2v) is 3.93. The van der Waals surface area contributed by atoms with Crippen molar-refractivity contribution >= 4 is 24.8 Å². The Morgan fingerprint density at radius 3 is 1.88 bits per heavy atom. The number of carboxylic acids is 1. The van der Waals surface area contributed by atoms with Crippen LogP contribution in [0, 0.1) is 0 Å². The number of hydrogen-bond acceptors (Lipinski definition) is 2. The number of rotatable bonds is 1. The van der Waals surface area contributed by atoms with Crippen LogP contribution in [0.3, 0.4) is 0 Å². The van der Waals surface area contributed by atoms with Gasteiger partial charge in [-0.05, 0) is 0 Å². The van der Waals surface area contributed by atoms with E-state index in [1.807, 2.05) is 0 Å². The summed E-state index contributed by atoms with van der Waals surface area (Å²) < 4.78 is 0. The van der Waals surface area contributed by atoms with Crippen molar-refractivity contribution in [2.45, 2.75) is 0 Å². The van der Waals surface area contributed by atoms with Crippen LogP contribution in [0.25, 0.3) is 0 Å². The van der Waals surface area contributed by atoms with Crippen molar-refractivity contribution in [1.29, 1.82) is 0 Å². The third-order valence-corrected chi connectivity index (χ3v) is 0.175.